The molecule has 19 heavy (non-hydrogen) atoms. The van der Waals surface area contributed by atoms with E-state index in [1.54, 1.807) is 0 Å². The molecule has 2 aliphatic heterocycles. The lowest BCUT2D eigenvalue weighted by atomic mass is 9.91. The van der Waals surface area contributed by atoms with Gasteiger partial charge in [-0.25, -0.2) is 4.98 Å². The first-order chi connectivity index (χ1) is 9.26. The Kier molecular flexibility index (Phi) is 4.03. The third-order valence-electron chi connectivity index (χ3n) is 4.68. The van der Waals surface area contributed by atoms with Crippen molar-refractivity contribution < 1.29 is 0 Å². The Morgan fingerprint density at radius 3 is 2.74 bits per heavy atom. The minimum absolute atomic E-state index is 0.812. The standard InChI is InChI=1S/C14H24N4S/c1-3-4-13-16-14(19-17-13)15-9-10-7-11-5-6-12(8-10)18(11)2/h10-12H,3-9H2,1-2H3,(H,15,16,17). The molecule has 2 saturated heterocycles. The predicted octanol–water partition coefficient (Wildman–Crippen LogP) is 2.78. The van der Waals surface area contributed by atoms with Crippen molar-refractivity contribution in [2.45, 2.75) is 57.5 Å². The molecule has 0 aromatic carbocycles. The van der Waals surface area contributed by atoms with Gasteiger partial charge in [-0.2, -0.15) is 4.37 Å². The van der Waals surface area contributed by atoms with Crippen molar-refractivity contribution in [3.8, 4) is 0 Å². The van der Waals surface area contributed by atoms with Crippen LogP contribution in [-0.2, 0) is 6.42 Å². The predicted molar refractivity (Wildman–Crippen MR) is 79.7 cm³/mol. The molecule has 0 amide bonds. The van der Waals surface area contributed by atoms with Gasteiger partial charge in [0, 0.05) is 36.6 Å². The molecular formula is C14H24N4S. The maximum atomic E-state index is 4.54. The van der Waals surface area contributed by atoms with Gasteiger partial charge in [0.05, 0.1) is 0 Å². The number of rotatable bonds is 5. The van der Waals surface area contributed by atoms with E-state index in [4.69, 9.17) is 0 Å². The van der Waals surface area contributed by atoms with Crippen LogP contribution in [0.25, 0.3) is 0 Å². The zero-order chi connectivity index (χ0) is 13.2. The van der Waals surface area contributed by atoms with Crippen molar-refractivity contribution in [2.75, 3.05) is 18.9 Å². The number of nitrogens with zero attached hydrogens (tertiary/aromatic N) is 3. The van der Waals surface area contributed by atoms with E-state index in [1.807, 2.05) is 0 Å². The fraction of sp³-hybridized carbons (Fsp3) is 0.857. The monoisotopic (exact) mass is 280 g/mol. The molecule has 2 atom stereocenters. The third-order valence-corrected chi connectivity index (χ3v) is 5.39. The van der Waals surface area contributed by atoms with Gasteiger partial charge in [-0.3, -0.25) is 0 Å². The van der Waals surface area contributed by atoms with Crippen LogP contribution in [0.4, 0.5) is 5.13 Å². The number of piperidine rings is 1. The smallest absolute Gasteiger partial charge is 0.202 e. The summed E-state index contributed by atoms with van der Waals surface area (Å²) in [6.45, 7) is 3.24. The zero-order valence-electron chi connectivity index (χ0n) is 11.9. The molecule has 0 spiro atoms. The second-order valence-electron chi connectivity index (χ2n) is 6.03. The number of nitrogens with one attached hydrogen (secondary N) is 1. The molecule has 2 unspecified atom stereocenters. The molecule has 2 bridgehead atoms. The largest absolute Gasteiger partial charge is 0.360 e. The highest BCUT2D eigenvalue weighted by Crippen LogP contribution is 2.37. The van der Waals surface area contributed by atoms with Crippen LogP contribution in [-0.4, -0.2) is 39.9 Å². The van der Waals surface area contributed by atoms with Crippen LogP contribution in [0.3, 0.4) is 0 Å². The van der Waals surface area contributed by atoms with Crippen LogP contribution in [0.2, 0.25) is 0 Å². The van der Waals surface area contributed by atoms with Gasteiger partial charge in [0.25, 0.3) is 0 Å². The van der Waals surface area contributed by atoms with E-state index in [1.165, 1.54) is 37.2 Å². The van der Waals surface area contributed by atoms with Crippen LogP contribution < -0.4 is 5.32 Å². The van der Waals surface area contributed by atoms with E-state index in [9.17, 15) is 0 Å². The lowest BCUT2D eigenvalue weighted by Gasteiger charge is -2.36. The van der Waals surface area contributed by atoms with E-state index in [-0.39, 0.29) is 0 Å². The third kappa shape index (κ3) is 2.92. The lowest BCUT2D eigenvalue weighted by Crippen LogP contribution is -2.41. The molecule has 2 aliphatic rings. The molecule has 1 aromatic rings. The summed E-state index contributed by atoms with van der Waals surface area (Å²) in [5.41, 5.74) is 0. The van der Waals surface area contributed by atoms with Crippen molar-refractivity contribution in [2.24, 2.45) is 5.92 Å². The Bertz CT molecular complexity index is 405. The fourth-order valence-electron chi connectivity index (χ4n) is 3.57. The van der Waals surface area contributed by atoms with E-state index in [0.29, 0.717) is 0 Å². The fourth-order valence-corrected chi connectivity index (χ4v) is 4.19. The maximum Gasteiger partial charge on any atom is 0.202 e. The van der Waals surface area contributed by atoms with Crippen molar-refractivity contribution in [3.05, 3.63) is 5.82 Å². The van der Waals surface area contributed by atoms with E-state index in [0.717, 1.165) is 48.3 Å². The quantitative estimate of drug-likeness (QED) is 0.900. The normalized spacial score (nSPS) is 30.7. The minimum Gasteiger partial charge on any atom is -0.360 e. The summed E-state index contributed by atoms with van der Waals surface area (Å²) in [5.74, 6) is 1.81. The number of hydrogen-bond acceptors (Lipinski definition) is 5. The number of aryl methyl sites for hydroxylation is 1. The van der Waals surface area contributed by atoms with Crippen LogP contribution in [0, 0.1) is 5.92 Å². The number of hydrogen-bond donors (Lipinski definition) is 1. The summed E-state index contributed by atoms with van der Waals surface area (Å²) >= 11 is 1.51. The number of fused-ring (bicyclic) bond motifs is 2. The molecule has 1 N–H and O–H groups in total. The van der Waals surface area contributed by atoms with Crippen LogP contribution in [0.15, 0.2) is 0 Å². The van der Waals surface area contributed by atoms with Crippen molar-refractivity contribution in [1.82, 2.24) is 14.3 Å². The first kappa shape index (κ1) is 13.3. The van der Waals surface area contributed by atoms with Crippen molar-refractivity contribution >= 4 is 16.7 Å². The van der Waals surface area contributed by atoms with Crippen molar-refractivity contribution in [3.63, 3.8) is 0 Å². The van der Waals surface area contributed by atoms with Gasteiger partial charge in [-0.1, -0.05) is 6.92 Å². The molecule has 2 fully saturated rings. The molecule has 4 nitrogen and oxygen atoms in total. The zero-order valence-corrected chi connectivity index (χ0v) is 12.7. The molecule has 5 heteroatoms. The Morgan fingerprint density at radius 1 is 1.32 bits per heavy atom. The average Bonchev–Trinajstić information content (AvgIpc) is 2.90. The summed E-state index contributed by atoms with van der Waals surface area (Å²) in [4.78, 5) is 7.14. The Balaban J connectivity index is 1.49. The highest BCUT2D eigenvalue weighted by atomic mass is 32.1. The van der Waals surface area contributed by atoms with Gasteiger partial charge in [-0.15, -0.1) is 0 Å². The second kappa shape index (κ2) is 5.75. The maximum absolute atomic E-state index is 4.54. The Morgan fingerprint density at radius 2 is 2.05 bits per heavy atom. The molecule has 0 radical (unpaired) electrons. The van der Waals surface area contributed by atoms with Crippen LogP contribution in [0.5, 0.6) is 0 Å². The molecule has 3 heterocycles. The topological polar surface area (TPSA) is 41.1 Å². The first-order valence-corrected chi connectivity index (χ1v) is 8.32. The van der Waals surface area contributed by atoms with E-state index in [2.05, 4.69) is 33.5 Å². The Hall–Kier alpha value is -0.680. The van der Waals surface area contributed by atoms with Gasteiger partial charge in [0.2, 0.25) is 5.13 Å². The van der Waals surface area contributed by atoms with E-state index < -0.39 is 0 Å². The SMILES string of the molecule is CCCc1nsc(NCC2CC3CCC(C2)N3C)n1. The van der Waals surface area contributed by atoms with Gasteiger partial charge in [-0.05, 0) is 45.1 Å². The highest BCUT2D eigenvalue weighted by Gasteiger charge is 2.38. The van der Waals surface area contributed by atoms with Crippen LogP contribution in [0.1, 0.15) is 44.9 Å². The van der Waals surface area contributed by atoms with Gasteiger partial charge in [0.15, 0.2) is 0 Å². The second-order valence-corrected chi connectivity index (χ2v) is 6.79. The highest BCUT2D eigenvalue weighted by molar-refractivity contribution is 7.09. The van der Waals surface area contributed by atoms with Crippen molar-refractivity contribution in [1.29, 1.82) is 0 Å². The summed E-state index contributed by atoms with van der Waals surface area (Å²) in [6.07, 6.45) is 7.61. The summed E-state index contributed by atoms with van der Waals surface area (Å²) in [6, 6.07) is 1.66. The molecular weight excluding hydrogens is 256 g/mol. The molecule has 106 valence electrons. The average molecular weight is 280 g/mol. The lowest BCUT2D eigenvalue weighted by molar-refractivity contribution is 0.139. The van der Waals surface area contributed by atoms with Gasteiger partial charge < -0.3 is 10.2 Å². The minimum atomic E-state index is 0.812. The Labute approximate surface area is 119 Å². The van der Waals surface area contributed by atoms with Crippen LogP contribution >= 0.6 is 11.5 Å². The molecule has 0 saturated carbocycles. The summed E-state index contributed by atoms with van der Waals surface area (Å²) in [5, 5.41) is 4.51. The molecule has 3 rings (SSSR count). The molecule has 0 aliphatic carbocycles. The molecule has 1 aromatic heterocycles. The summed E-state index contributed by atoms with van der Waals surface area (Å²) < 4.78 is 4.38. The first-order valence-electron chi connectivity index (χ1n) is 7.54. The number of anilines is 1. The van der Waals surface area contributed by atoms with E-state index >= 15 is 0 Å². The van der Waals surface area contributed by atoms with Gasteiger partial charge >= 0.3 is 0 Å². The summed E-state index contributed by atoms with van der Waals surface area (Å²) in [7, 11) is 2.30. The van der Waals surface area contributed by atoms with Gasteiger partial charge in [0.1, 0.15) is 5.82 Å². The number of aromatic nitrogens is 2.